The Labute approximate surface area is 181 Å². The standard InChI is InChI=1S/C20H23FN4O5S/c21-12-8-14(19(28)24-20-23-13(10-31-20)15-2-1-4-29-15)25(9-12)17(26)7-11-3-5-30-16(6-11)18(22)27/h1-2,4,10-12,14,16H,3,5-9H2,(H2,22,27)(H,23,24,28)/t11-,12+,14?,16-/m0/s1. The Hall–Kier alpha value is -2.79. The van der Waals surface area contributed by atoms with Crippen LogP contribution in [0.5, 0.6) is 0 Å². The molecular formula is C20H23FN4O5S. The number of aromatic nitrogens is 1. The number of ether oxygens (including phenoxy) is 1. The normalized spacial score (nSPS) is 26.0. The van der Waals surface area contributed by atoms with Crippen molar-refractivity contribution in [3.05, 3.63) is 23.8 Å². The van der Waals surface area contributed by atoms with Crippen LogP contribution in [0.2, 0.25) is 0 Å². The second kappa shape index (κ2) is 9.15. The van der Waals surface area contributed by atoms with Crippen molar-refractivity contribution in [2.75, 3.05) is 18.5 Å². The minimum absolute atomic E-state index is 0.0638. The van der Waals surface area contributed by atoms with Gasteiger partial charge in [-0.2, -0.15) is 0 Å². The Morgan fingerprint density at radius 2 is 2.19 bits per heavy atom. The smallest absolute Gasteiger partial charge is 0.249 e. The number of halogens is 1. The number of nitrogens with two attached hydrogens (primary N) is 1. The fourth-order valence-electron chi connectivity index (χ4n) is 3.98. The van der Waals surface area contributed by atoms with Gasteiger partial charge in [0, 0.05) is 24.8 Å². The highest BCUT2D eigenvalue weighted by molar-refractivity contribution is 7.14. The van der Waals surface area contributed by atoms with Gasteiger partial charge < -0.3 is 25.1 Å². The first-order chi connectivity index (χ1) is 14.9. The van der Waals surface area contributed by atoms with Crippen molar-refractivity contribution >= 4 is 34.2 Å². The van der Waals surface area contributed by atoms with Gasteiger partial charge in [0.1, 0.15) is 24.0 Å². The molecule has 0 radical (unpaired) electrons. The summed E-state index contributed by atoms with van der Waals surface area (Å²) < 4.78 is 24.7. The summed E-state index contributed by atoms with van der Waals surface area (Å²) in [7, 11) is 0. The van der Waals surface area contributed by atoms with E-state index in [4.69, 9.17) is 14.9 Å². The predicted molar refractivity (Wildman–Crippen MR) is 110 cm³/mol. The Kier molecular flexibility index (Phi) is 6.33. The minimum Gasteiger partial charge on any atom is -0.463 e. The number of nitrogens with zero attached hydrogens (tertiary/aromatic N) is 2. The molecule has 0 aromatic carbocycles. The van der Waals surface area contributed by atoms with Gasteiger partial charge in [0.05, 0.1) is 12.8 Å². The number of nitrogens with one attached hydrogen (secondary N) is 1. The van der Waals surface area contributed by atoms with Crippen molar-refractivity contribution in [3.8, 4) is 11.5 Å². The number of rotatable bonds is 6. The van der Waals surface area contributed by atoms with E-state index < -0.39 is 30.1 Å². The molecule has 3 N–H and O–H groups in total. The molecular weight excluding hydrogens is 427 g/mol. The lowest BCUT2D eigenvalue weighted by atomic mass is 9.91. The van der Waals surface area contributed by atoms with Crippen molar-refractivity contribution in [1.29, 1.82) is 0 Å². The van der Waals surface area contributed by atoms with Gasteiger partial charge in [-0.3, -0.25) is 14.4 Å². The summed E-state index contributed by atoms with van der Waals surface area (Å²) in [5.74, 6) is -0.877. The van der Waals surface area contributed by atoms with Crippen LogP contribution in [-0.4, -0.2) is 59.1 Å². The van der Waals surface area contributed by atoms with Crippen LogP contribution in [0.15, 0.2) is 28.2 Å². The highest BCUT2D eigenvalue weighted by atomic mass is 32.1. The number of hydrogen-bond acceptors (Lipinski definition) is 7. The molecule has 2 fully saturated rings. The fraction of sp³-hybridized carbons (Fsp3) is 0.500. The number of amides is 3. The number of anilines is 1. The van der Waals surface area contributed by atoms with Crippen molar-refractivity contribution in [2.45, 2.75) is 44.0 Å². The predicted octanol–water partition coefficient (Wildman–Crippen LogP) is 1.95. The van der Waals surface area contributed by atoms with Gasteiger partial charge in [-0.15, -0.1) is 11.3 Å². The molecule has 31 heavy (non-hydrogen) atoms. The minimum atomic E-state index is -1.28. The molecule has 2 aliphatic rings. The van der Waals surface area contributed by atoms with E-state index in [1.54, 1.807) is 17.5 Å². The second-order valence-electron chi connectivity index (χ2n) is 7.76. The first kappa shape index (κ1) is 21.4. The van der Waals surface area contributed by atoms with Gasteiger partial charge in [-0.25, -0.2) is 9.37 Å². The topological polar surface area (TPSA) is 128 Å². The van der Waals surface area contributed by atoms with Crippen LogP contribution in [-0.2, 0) is 19.1 Å². The van der Waals surface area contributed by atoms with Crippen LogP contribution in [0.1, 0.15) is 25.7 Å². The SMILES string of the molecule is NC(=O)[C@@H]1C[C@@H](CC(=O)N2C[C@H](F)CC2C(=O)Nc2nc(-c3ccco3)cs2)CCO1. The largest absolute Gasteiger partial charge is 0.463 e. The molecule has 4 rings (SSSR count). The molecule has 11 heteroatoms. The number of alkyl halides is 1. The molecule has 4 heterocycles. The molecule has 0 spiro atoms. The molecule has 2 aromatic heterocycles. The highest BCUT2D eigenvalue weighted by Crippen LogP contribution is 2.29. The summed E-state index contributed by atoms with van der Waals surface area (Å²) in [5.41, 5.74) is 5.88. The lowest BCUT2D eigenvalue weighted by Crippen LogP contribution is -2.44. The van der Waals surface area contributed by atoms with Gasteiger partial charge in [-0.05, 0) is 30.9 Å². The quantitative estimate of drug-likeness (QED) is 0.692. The third-order valence-corrected chi connectivity index (χ3v) is 6.31. The second-order valence-corrected chi connectivity index (χ2v) is 8.61. The zero-order valence-corrected chi connectivity index (χ0v) is 17.5. The fourth-order valence-corrected chi connectivity index (χ4v) is 4.68. The molecule has 0 bridgehead atoms. The van der Waals surface area contributed by atoms with Crippen LogP contribution in [0.25, 0.3) is 11.5 Å². The maximum absolute atomic E-state index is 14.1. The molecule has 0 saturated carbocycles. The lowest BCUT2D eigenvalue weighted by molar-refractivity contribution is -0.141. The lowest BCUT2D eigenvalue weighted by Gasteiger charge is -2.30. The number of thiazole rings is 1. The van der Waals surface area contributed by atoms with Crippen molar-refractivity contribution in [2.24, 2.45) is 11.7 Å². The first-order valence-electron chi connectivity index (χ1n) is 10.1. The van der Waals surface area contributed by atoms with Gasteiger partial charge >= 0.3 is 0 Å². The van der Waals surface area contributed by atoms with E-state index in [2.05, 4.69) is 10.3 Å². The average molecular weight is 450 g/mol. The molecule has 0 aliphatic carbocycles. The Morgan fingerprint density at radius 3 is 2.94 bits per heavy atom. The number of likely N-dealkylation sites (tertiary alicyclic amines) is 1. The maximum Gasteiger partial charge on any atom is 0.249 e. The van der Waals surface area contributed by atoms with Gasteiger partial charge in [0.2, 0.25) is 17.7 Å². The van der Waals surface area contributed by atoms with E-state index in [1.807, 2.05) is 0 Å². The number of primary amides is 1. The van der Waals surface area contributed by atoms with E-state index in [1.165, 1.54) is 22.5 Å². The van der Waals surface area contributed by atoms with E-state index in [-0.39, 0.29) is 31.2 Å². The van der Waals surface area contributed by atoms with E-state index in [0.29, 0.717) is 36.0 Å². The number of hydrogen-bond donors (Lipinski definition) is 2. The molecule has 4 atom stereocenters. The molecule has 2 saturated heterocycles. The zero-order chi connectivity index (χ0) is 22.0. The third-order valence-electron chi connectivity index (χ3n) is 5.55. The molecule has 3 amide bonds. The monoisotopic (exact) mass is 450 g/mol. The van der Waals surface area contributed by atoms with E-state index in [9.17, 15) is 18.8 Å². The van der Waals surface area contributed by atoms with Crippen LogP contribution in [0.4, 0.5) is 9.52 Å². The summed E-state index contributed by atoms with van der Waals surface area (Å²) in [4.78, 5) is 42.6. The average Bonchev–Trinajstić information content (AvgIpc) is 3.48. The molecule has 1 unspecified atom stereocenters. The van der Waals surface area contributed by atoms with E-state index in [0.717, 1.165) is 0 Å². The van der Waals surface area contributed by atoms with Crippen LogP contribution in [0, 0.1) is 5.92 Å². The van der Waals surface area contributed by atoms with Crippen molar-refractivity contribution < 1.29 is 27.9 Å². The summed E-state index contributed by atoms with van der Waals surface area (Å²) >= 11 is 1.22. The molecule has 9 nitrogen and oxygen atoms in total. The number of carbonyl (C=O) groups excluding carboxylic acids is 3. The number of furan rings is 1. The van der Waals surface area contributed by atoms with Crippen molar-refractivity contribution in [1.82, 2.24) is 9.88 Å². The zero-order valence-electron chi connectivity index (χ0n) is 16.7. The Bertz CT molecular complexity index is 949. The maximum atomic E-state index is 14.1. The summed E-state index contributed by atoms with van der Waals surface area (Å²) in [6.07, 6.45) is 0.539. The van der Waals surface area contributed by atoms with Gasteiger partial charge in [0.15, 0.2) is 10.9 Å². The molecule has 2 aliphatic heterocycles. The third kappa shape index (κ3) is 4.93. The summed E-state index contributed by atoms with van der Waals surface area (Å²) in [5, 5.41) is 4.77. The van der Waals surface area contributed by atoms with E-state index >= 15 is 0 Å². The van der Waals surface area contributed by atoms with Gasteiger partial charge in [-0.1, -0.05) is 0 Å². The Balaban J connectivity index is 1.38. The van der Waals surface area contributed by atoms with Crippen LogP contribution in [0.3, 0.4) is 0 Å². The molecule has 2 aromatic rings. The summed E-state index contributed by atoms with van der Waals surface area (Å²) in [6.45, 7) is 0.207. The summed E-state index contributed by atoms with van der Waals surface area (Å²) in [6, 6.07) is 2.58. The molecule has 166 valence electrons. The highest BCUT2D eigenvalue weighted by Gasteiger charge is 2.41. The Morgan fingerprint density at radius 1 is 1.35 bits per heavy atom. The van der Waals surface area contributed by atoms with Gasteiger partial charge in [0.25, 0.3) is 0 Å². The number of carbonyl (C=O) groups is 3. The first-order valence-corrected chi connectivity index (χ1v) is 10.9. The van der Waals surface area contributed by atoms with Crippen LogP contribution >= 0.6 is 11.3 Å². The van der Waals surface area contributed by atoms with Crippen molar-refractivity contribution in [3.63, 3.8) is 0 Å². The van der Waals surface area contributed by atoms with Crippen LogP contribution < -0.4 is 11.1 Å².